The molecular weight excluding hydrogens is 264 g/mol. The topological polar surface area (TPSA) is 66.9 Å². The van der Waals surface area contributed by atoms with E-state index in [9.17, 15) is 4.79 Å². The molecule has 1 aromatic rings. The van der Waals surface area contributed by atoms with E-state index in [0.29, 0.717) is 22.8 Å². The second-order valence-corrected chi connectivity index (χ2v) is 5.28. The Balaban J connectivity index is 1.98. The normalized spacial score (nSPS) is 15.9. The first-order valence-electron chi connectivity index (χ1n) is 6.69. The van der Waals surface area contributed by atoms with Gasteiger partial charge in [-0.05, 0) is 26.2 Å². The lowest BCUT2D eigenvalue weighted by atomic mass is 10.3. The van der Waals surface area contributed by atoms with Gasteiger partial charge in [-0.1, -0.05) is 18.5 Å². The number of anilines is 1. The van der Waals surface area contributed by atoms with Gasteiger partial charge in [0.2, 0.25) is 5.91 Å². The highest BCUT2D eigenvalue weighted by molar-refractivity contribution is 6.29. The summed E-state index contributed by atoms with van der Waals surface area (Å²) in [6.45, 7) is 3.87. The molecule has 6 heteroatoms. The number of hydrogen-bond acceptors (Lipinski definition) is 4. The summed E-state index contributed by atoms with van der Waals surface area (Å²) < 4.78 is 0. The van der Waals surface area contributed by atoms with E-state index < -0.39 is 0 Å². The number of rotatable bonds is 6. The maximum Gasteiger partial charge on any atom is 0.242 e. The van der Waals surface area contributed by atoms with Crippen LogP contribution in [0.3, 0.4) is 0 Å². The summed E-state index contributed by atoms with van der Waals surface area (Å²) in [5.41, 5.74) is 0. The average Bonchev–Trinajstić information content (AvgIpc) is 3.12. The molecule has 1 saturated carbocycles. The molecule has 1 amide bonds. The maximum atomic E-state index is 11.8. The lowest BCUT2D eigenvalue weighted by molar-refractivity contribution is -0.121. The molecule has 0 radical (unpaired) electrons. The number of aryl methyl sites for hydroxylation is 1. The fourth-order valence-electron chi connectivity index (χ4n) is 1.72. The Kier molecular flexibility index (Phi) is 4.58. The van der Waals surface area contributed by atoms with E-state index in [1.807, 2.05) is 6.92 Å². The Hall–Kier alpha value is -1.36. The van der Waals surface area contributed by atoms with Gasteiger partial charge in [-0.25, -0.2) is 9.97 Å². The molecule has 1 atom stereocenters. The molecule has 1 fully saturated rings. The fourth-order valence-corrected chi connectivity index (χ4v) is 1.92. The van der Waals surface area contributed by atoms with Crippen molar-refractivity contribution in [3.63, 3.8) is 0 Å². The standard InChI is InChI=1S/C13H19ClN4O/c1-3-4-11-17-10(14)7-12(18-11)15-8(2)13(19)16-9-5-6-9/h7-9H,3-6H2,1-2H3,(H,16,19)(H,15,17,18). The van der Waals surface area contributed by atoms with Crippen molar-refractivity contribution in [3.8, 4) is 0 Å². The largest absolute Gasteiger partial charge is 0.358 e. The van der Waals surface area contributed by atoms with Gasteiger partial charge in [0.1, 0.15) is 22.8 Å². The summed E-state index contributed by atoms with van der Waals surface area (Å²) >= 11 is 5.95. The van der Waals surface area contributed by atoms with Gasteiger partial charge in [0, 0.05) is 18.5 Å². The molecule has 0 aromatic carbocycles. The van der Waals surface area contributed by atoms with Gasteiger partial charge >= 0.3 is 0 Å². The van der Waals surface area contributed by atoms with Crippen LogP contribution in [0, 0.1) is 0 Å². The van der Waals surface area contributed by atoms with Gasteiger partial charge in [-0.15, -0.1) is 0 Å². The monoisotopic (exact) mass is 282 g/mol. The van der Waals surface area contributed by atoms with Crippen LogP contribution in [-0.2, 0) is 11.2 Å². The summed E-state index contributed by atoms with van der Waals surface area (Å²) in [7, 11) is 0. The molecule has 0 saturated heterocycles. The number of halogens is 1. The van der Waals surface area contributed by atoms with Crippen LogP contribution in [0.2, 0.25) is 5.15 Å². The number of carbonyl (C=O) groups is 1. The zero-order valence-corrected chi connectivity index (χ0v) is 12.0. The molecule has 0 bridgehead atoms. The van der Waals surface area contributed by atoms with E-state index in [4.69, 9.17) is 11.6 Å². The molecule has 1 aliphatic rings. The molecule has 2 N–H and O–H groups in total. The van der Waals surface area contributed by atoms with Crippen molar-refractivity contribution >= 4 is 23.3 Å². The van der Waals surface area contributed by atoms with Crippen molar-refractivity contribution in [1.82, 2.24) is 15.3 Å². The van der Waals surface area contributed by atoms with Crippen LogP contribution in [0.4, 0.5) is 5.82 Å². The van der Waals surface area contributed by atoms with E-state index in [2.05, 4.69) is 27.5 Å². The average molecular weight is 283 g/mol. The predicted octanol–water partition coefficient (Wildman–Crippen LogP) is 2.16. The number of nitrogens with zero attached hydrogens (tertiary/aromatic N) is 2. The maximum absolute atomic E-state index is 11.8. The zero-order chi connectivity index (χ0) is 13.8. The molecule has 1 aromatic heterocycles. The van der Waals surface area contributed by atoms with Crippen LogP contribution in [0.5, 0.6) is 0 Å². The van der Waals surface area contributed by atoms with Crippen molar-refractivity contribution in [1.29, 1.82) is 0 Å². The van der Waals surface area contributed by atoms with Crippen LogP contribution >= 0.6 is 11.6 Å². The van der Waals surface area contributed by atoms with Crippen LogP contribution in [0.1, 0.15) is 38.9 Å². The Morgan fingerprint density at radius 2 is 2.26 bits per heavy atom. The van der Waals surface area contributed by atoms with Gasteiger partial charge in [0.15, 0.2) is 0 Å². The van der Waals surface area contributed by atoms with Crippen LogP contribution in [-0.4, -0.2) is 28.0 Å². The molecule has 104 valence electrons. The minimum atomic E-state index is -0.332. The first kappa shape index (κ1) is 14.1. The minimum absolute atomic E-state index is 0.00530. The van der Waals surface area contributed by atoms with Crippen molar-refractivity contribution in [2.45, 2.75) is 51.6 Å². The minimum Gasteiger partial charge on any atom is -0.358 e. The Morgan fingerprint density at radius 1 is 1.53 bits per heavy atom. The van der Waals surface area contributed by atoms with Gasteiger partial charge in [-0.3, -0.25) is 4.79 Å². The molecule has 19 heavy (non-hydrogen) atoms. The molecule has 1 aliphatic carbocycles. The van der Waals surface area contributed by atoms with E-state index >= 15 is 0 Å². The van der Waals surface area contributed by atoms with Crippen LogP contribution < -0.4 is 10.6 Å². The highest BCUT2D eigenvalue weighted by atomic mass is 35.5. The summed E-state index contributed by atoms with van der Waals surface area (Å²) in [5, 5.41) is 6.42. The third kappa shape index (κ3) is 4.35. The van der Waals surface area contributed by atoms with Gasteiger partial charge in [0.25, 0.3) is 0 Å². The number of nitrogens with one attached hydrogen (secondary N) is 2. The molecule has 5 nitrogen and oxygen atoms in total. The number of amides is 1. The predicted molar refractivity (Wildman–Crippen MR) is 75.3 cm³/mol. The summed E-state index contributed by atoms with van der Waals surface area (Å²) in [6.07, 6.45) is 3.90. The third-order valence-corrected chi connectivity index (χ3v) is 3.09. The Labute approximate surface area is 118 Å². The SMILES string of the molecule is CCCc1nc(Cl)cc(NC(C)C(=O)NC2CC2)n1. The van der Waals surface area contributed by atoms with E-state index in [0.717, 1.165) is 25.7 Å². The van der Waals surface area contributed by atoms with E-state index in [1.54, 1.807) is 6.07 Å². The molecule has 0 spiro atoms. The third-order valence-electron chi connectivity index (χ3n) is 2.90. The van der Waals surface area contributed by atoms with Crippen LogP contribution in [0.15, 0.2) is 6.07 Å². The van der Waals surface area contributed by atoms with Gasteiger partial charge in [-0.2, -0.15) is 0 Å². The van der Waals surface area contributed by atoms with E-state index in [1.165, 1.54) is 0 Å². The Morgan fingerprint density at radius 3 is 2.89 bits per heavy atom. The lowest BCUT2D eigenvalue weighted by Gasteiger charge is -2.15. The fraction of sp³-hybridized carbons (Fsp3) is 0.615. The molecule has 1 heterocycles. The summed E-state index contributed by atoms with van der Waals surface area (Å²) in [6, 6.07) is 1.67. The second kappa shape index (κ2) is 6.19. The smallest absolute Gasteiger partial charge is 0.242 e. The first-order chi connectivity index (χ1) is 9.08. The zero-order valence-electron chi connectivity index (χ0n) is 11.2. The van der Waals surface area contributed by atoms with Crippen molar-refractivity contribution in [2.24, 2.45) is 0 Å². The van der Waals surface area contributed by atoms with Crippen molar-refractivity contribution < 1.29 is 4.79 Å². The van der Waals surface area contributed by atoms with Gasteiger partial charge in [0.05, 0.1) is 0 Å². The molecular formula is C13H19ClN4O. The summed E-state index contributed by atoms with van der Waals surface area (Å²) in [4.78, 5) is 20.3. The lowest BCUT2D eigenvalue weighted by Crippen LogP contribution is -2.38. The second-order valence-electron chi connectivity index (χ2n) is 4.89. The van der Waals surface area contributed by atoms with Crippen molar-refractivity contribution in [2.75, 3.05) is 5.32 Å². The van der Waals surface area contributed by atoms with E-state index in [-0.39, 0.29) is 11.9 Å². The highest BCUT2D eigenvalue weighted by Gasteiger charge is 2.25. The Bertz CT molecular complexity index is 462. The quantitative estimate of drug-likeness (QED) is 0.785. The molecule has 1 unspecified atom stereocenters. The highest BCUT2D eigenvalue weighted by Crippen LogP contribution is 2.19. The molecule has 0 aliphatic heterocycles. The number of aromatic nitrogens is 2. The number of carbonyl (C=O) groups excluding carboxylic acids is 1. The first-order valence-corrected chi connectivity index (χ1v) is 7.06. The summed E-state index contributed by atoms with van der Waals surface area (Å²) in [5.74, 6) is 1.29. The van der Waals surface area contributed by atoms with Crippen LogP contribution in [0.25, 0.3) is 0 Å². The van der Waals surface area contributed by atoms with Gasteiger partial charge < -0.3 is 10.6 Å². The number of hydrogen-bond donors (Lipinski definition) is 2. The molecule has 2 rings (SSSR count). The van der Waals surface area contributed by atoms with Crippen molar-refractivity contribution in [3.05, 3.63) is 17.0 Å².